The summed E-state index contributed by atoms with van der Waals surface area (Å²) in [7, 11) is 0. The van der Waals surface area contributed by atoms with E-state index in [9.17, 15) is 9.90 Å². The van der Waals surface area contributed by atoms with Crippen molar-refractivity contribution in [3.63, 3.8) is 0 Å². The third kappa shape index (κ3) is 1.88. The van der Waals surface area contributed by atoms with Gasteiger partial charge in [-0.05, 0) is 18.6 Å². The second-order valence-electron chi connectivity index (χ2n) is 3.94. The molecule has 1 atom stereocenters. The van der Waals surface area contributed by atoms with Crippen molar-refractivity contribution in [1.82, 2.24) is 0 Å². The molecule has 0 saturated heterocycles. The summed E-state index contributed by atoms with van der Waals surface area (Å²) in [6.07, 6.45) is 1.95. The lowest BCUT2D eigenvalue weighted by atomic mass is 10.1. The topological polar surface area (TPSA) is 58.6 Å². The number of hydrogen-bond acceptors (Lipinski definition) is 3. The molecule has 16 heavy (non-hydrogen) atoms. The van der Waals surface area contributed by atoms with Crippen LogP contribution >= 0.6 is 0 Å². The molecule has 0 spiro atoms. The first-order valence-electron chi connectivity index (χ1n) is 5.47. The Morgan fingerprint density at radius 2 is 2.19 bits per heavy atom. The molecule has 1 aromatic rings. The van der Waals surface area contributed by atoms with Crippen LogP contribution in [0, 0.1) is 0 Å². The molecule has 0 aromatic heterocycles. The fourth-order valence-electron chi connectivity index (χ4n) is 1.69. The predicted molar refractivity (Wildman–Crippen MR) is 60.2 cm³/mol. The van der Waals surface area contributed by atoms with Gasteiger partial charge in [-0.15, -0.1) is 0 Å². The van der Waals surface area contributed by atoms with Crippen LogP contribution < -0.4 is 10.1 Å². The van der Waals surface area contributed by atoms with E-state index in [-0.39, 0.29) is 0 Å². The standard InChI is InChI=1S/C12H15NO3/c1-2-3-8-12(15)11(14)13-9-6-4-5-7-10(9)16-12/h4-7,15H,2-3,8H2,1H3,(H,13,14)/t12-/m1/s1. The monoisotopic (exact) mass is 221 g/mol. The minimum absolute atomic E-state index is 0.309. The number of ether oxygens (including phenoxy) is 1. The fourth-order valence-corrected chi connectivity index (χ4v) is 1.69. The van der Waals surface area contributed by atoms with E-state index in [1.807, 2.05) is 6.92 Å². The number of benzene rings is 1. The van der Waals surface area contributed by atoms with Crippen LogP contribution in [0.2, 0.25) is 0 Å². The van der Waals surface area contributed by atoms with Gasteiger partial charge in [0.1, 0.15) is 5.75 Å². The van der Waals surface area contributed by atoms with E-state index in [1.54, 1.807) is 24.3 Å². The van der Waals surface area contributed by atoms with Gasteiger partial charge in [0.2, 0.25) is 0 Å². The summed E-state index contributed by atoms with van der Waals surface area (Å²) < 4.78 is 5.38. The molecule has 86 valence electrons. The number of nitrogens with one attached hydrogen (secondary N) is 1. The highest BCUT2D eigenvalue weighted by Gasteiger charge is 2.41. The normalized spacial score (nSPS) is 23.2. The molecular weight excluding hydrogens is 206 g/mol. The summed E-state index contributed by atoms with van der Waals surface area (Å²) in [6.45, 7) is 2.00. The fraction of sp³-hybridized carbons (Fsp3) is 0.417. The van der Waals surface area contributed by atoms with Crippen molar-refractivity contribution in [1.29, 1.82) is 0 Å². The molecule has 4 heteroatoms. The Hall–Kier alpha value is -1.55. The predicted octanol–water partition coefficient (Wildman–Crippen LogP) is 1.90. The summed E-state index contributed by atoms with van der Waals surface area (Å²) in [4.78, 5) is 11.7. The third-order valence-electron chi connectivity index (χ3n) is 2.64. The number of hydrogen-bond donors (Lipinski definition) is 2. The molecular formula is C12H15NO3. The van der Waals surface area contributed by atoms with Crippen molar-refractivity contribution in [3.8, 4) is 5.75 Å². The summed E-state index contributed by atoms with van der Waals surface area (Å²) in [5, 5.41) is 12.7. The van der Waals surface area contributed by atoms with Crippen molar-refractivity contribution in [2.45, 2.75) is 32.0 Å². The first-order valence-corrected chi connectivity index (χ1v) is 5.47. The number of fused-ring (bicyclic) bond motifs is 1. The molecule has 1 aliphatic rings. The maximum atomic E-state index is 11.7. The molecule has 4 nitrogen and oxygen atoms in total. The van der Waals surface area contributed by atoms with E-state index in [0.29, 0.717) is 17.9 Å². The second kappa shape index (κ2) is 4.14. The second-order valence-corrected chi connectivity index (χ2v) is 3.94. The smallest absolute Gasteiger partial charge is 0.297 e. The first kappa shape index (κ1) is 11.0. The molecule has 0 aliphatic carbocycles. The SMILES string of the molecule is CCCC[C@@]1(O)Oc2ccccc2NC1=O. The van der Waals surface area contributed by atoms with Gasteiger partial charge in [-0.25, -0.2) is 0 Å². The van der Waals surface area contributed by atoms with Gasteiger partial charge in [0.05, 0.1) is 5.69 Å². The van der Waals surface area contributed by atoms with Gasteiger partial charge in [-0.1, -0.05) is 25.5 Å². The zero-order valence-electron chi connectivity index (χ0n) is 9.19. The zero-order chi connectivity index (χ0) is 11.6. The van der Waals surface area contributed by atoms with Gasteiger partial charge in [0, 0.05) is 6.42 Å². The van der Waals surface area contributed by atoms with Crippen LogP contribution in [0.4, 0.5) is 5.69 Å². The highest BCUT2D eigenvalue weighted by Crippen LogP contribution is 2.34. The van der Waals surface area contributed by atoms with E-state index in [1.165, 1.54) is 0 Å². The van der Waals surface area contributed by atoms with Crippen LogP contribution in [0.1, 0.15) is 26.2 Å². The number of unbranched alkanes of at least 4 members (excludes halogenated alkanes) is 1. The van der Waals surface area contributed by atoms with Crippen molar-refractivity contribution in [2.75, 3.05) is 5.32 Å². The average molecular weight is 221 g/mol. The van der Waals surface area contributed by atoms with Gasteiger partial charge in [0.25, 0.3) is 11.7 Å². The summed E-state index contributed by atoms with van der Waals surface area (Å²) in [5.74, 6) is -1.69. The zero-order valence-corrected chi connectivity index (χ0v) is 9.19. The number of amides is 1. The Labute approximate surface area is 94.2 Å². The Morgan fingerprint density at radius 3 is 2.94 bits per heavy atom. The highest BCUT2D eigenvalue weighted by molar-refractivity contribution is 5.99. The Balaban J connectivity index is 2.23. The summed E-state index contributed by atoms with van der Waals surface area (Å²) in [5.41, 5.74) is 0.605. The maximum Gasteiger partial charge on any atom is 0.297 e. The molecule has 1 amide bonds. The highest BCUT2D eigenvalue weighted by atomic mass is 16.6. The summed E-state index contributed by atoms with van der Waals surface area (Å²) in [6, 6.07) is 7.08. The molecule has 0 unspecified atom stereocenters. The molecule has 1 heterocycles. The van der Waals surface area contributed by atoms with Crippen LogP contribution in [0.15, 0.2) is 24.3 Å². The van der Waals surface area contributed by atoms with Crippen LogP contribution in [-0.4, -0.2) is 16.8 Å². The average Bonchev–Trinajstić information content (AvgIpc) is 2.28. The number of rotatable bonds is 3. The first-order chi connectivity index (χ1) is 7.65. The lowest BCUT2D eigenvalue weighted by Gasteiger charge is -2.32. The minimum atomic E-state index is -1.72. The van der Waals surface area contributed by atoms with Crippen LogP contribution in [0.3, 0.4) is 0 Å². The van der Waals surface area contributed by atoms with E-state index < -0.39 is 11.7 Å². The summed E-state index contributed by atoms with van der Waals surface area (Å²) >= 11 is 0. The van der Waals surface area contributed by atoms with Gasteiger partial charge in [-0.3, -0.25) is 4.79 Å². The van der Waals surface area contributed by atoms with E-state index in [4.69, 9.17) is 4.74 Å². The van der Waals surface area contributed by atoms with Crippen molar-refractivity contribution < 1.29 is 14.6 Å². The van der Waals surface area contributed by atoms with Crippen molar-refractivity contribution >= 4 is 11.6 Å². The van der Waals surface area contributed by atoms with Gasteiger partial charge in [0.15, 0.2) is 0 Å². The van der Waals surface area contributed by atoms with E-state index in [2.05, 4.69) is 5.32 Å². The molecule has 0 radical (unpaired) electrons. The van der Waals surface area contributed by atoms with E-state index in [0.717, 1.165) is 12.8 Å². The Bertz CT molecular complexity index is 405. The molecule has 2 N–H and O–H groups in total. The number of carbonyl (C=O) groups excluding carboxylic acids is 1. The molecule has 1 aliphatic heterocycles. The van der Waals surface area contributed by atoms with Gasteiger partial charge in [-0.2, -0.15) is 0 Å². The van der Waals surface area contributed by atoms with Crippen LogP contribution in [0.5, 0.6) is 5.75 Å². The Morgan fingerprint density at radius 1 is 1.44 bits per heavy atom. The molecule has 0 saturated carbocycles. The lowest BCUT2D eigenvalue weighted by Crippen LogP contribution is -2.50. The number of anilines is 1. The number of para-hydroxylation sites is 2. The quantitative estimate of drug-likeness (QED) is 0.819. The molecule has 0 fully saturated rings. The largest absolute Gasteiger partial charge is 0.451 e. The van der Waals surface area contributed by atoms with Crippen LogP contribution in [-0.2, 0) is 4.79 Å². The van der Waals surface area contributed by atoms with Gasteiger partial charge < -0.3 is 15.2 Å². The molecule has 0 bridgehead atoms. The molecule has 1 aromatic carbocycles. The Kier molecular flexibility index (Phi) is 2.83. The number of aliphatic hydroxyl groups is 1. The molecule has 2 rings (SSSR count). The maximum absolute atomic E-state index is 11.7. The number of carbonyl (C=O) groups is 1. The van der Waals surface area contributed by atoms with Crippen molar-refractivity contribution in [2.24, 2.45) is 0 Å². The third-order valence-corrected chi connectivity index (χ3v) is 2.64. The van der Waals surface area contributed by atoms with E-state index >= 15 is 0 Å². The minimum Gasteiger partial charge on any atom is -0.451 e. The van der Waals surface area contributed by atoms with Gasteiger partial charge >= 0.3 is 0 Å². The van der Waals surface area contributed by atoms with Crippen molar-refractivity contribution in [3.05, 3.63) is 24.3 Å². The van der Waals surface area contributed by atoms with Crippen LogP contribution in [0.25, 0.3) is 0 Å². The lowest BCUT2D eigenvalue weighted by molar-refractivity contribution is -0.173.